The van der Waals surface area contributed by atoms with Gasteiger partial charge in [0, 0.05) is 6.61 Å². The third-order valence-corrected chi connectivity index (χ3v) is 2.67. The Labute approximate surface area is 109 Å². The van der Waals surface area contributed by atoms with Crippen molar-refractivity contribution >= 4 is 0 Å². The first-order valence-corrected chi connectivity index (χ1v) is 7.35. The second-order valence-corrected chi connectivity index (χ2v) is 5.78. The predicted molar refractivity (Wildman–Crippen MR) is 77.5 cm³/mol. The zero-order valence-electron chi connectivity index (χ0n) is 12.4. The first-order valence-electron chi connectivity index (χ1n) is 7.35. The van der Waals surface area contributed by atoms with Gasteiger partial charge in [-0.2, -0.15) is 0 Å². The highest BCUT2D eigenvalue weighted by Gasteiger charge is 2.08. The molecule has 0 amide bonds. The fraction of sp³-hybridized carbons (Fsp3) is 0.875. The minimum atomic E-state index is 0.0318. The monoisotopic (exact) mass is 240 g/mol. The highest BCUT2D eigenvalue weighted by Crippen LogP contribution is 2.10. The van der Waals surface area contributed by atoms with E-state index in [2.05, 4.69) is 39.8 Å². The zero-order valence-corrected chi connectivity index (χ0v) is 12.4. The third kappa shape index (κ3) is 15.7. The Balaban J connectivity index is 3.09. The minimum Gasteiger partial charge on any atom is -0.376 e. The van der Waals surface area contributed by atoms with Gasteiger partial charge in [-0.25, -0.2) is 0 Å². The van der Waals surface area contributed by atoms with Gasteiger partial charge >= 0.3 is 0 Å². The number of ether oxygens (including phenoxy) is 1. The lowest BCUT2D eigenvalue weighted by Crippen LogP contribution is -2.19. The van der Waals surface area contributed by atoms with Crippen LogP contribution in [0.2, 0.25) is 0 Å². The van der Waals surface area contributed by atoms with Crippen LogP contribution in [0.5, 0.6) is 0 Å². The van der Waals surface area contributed by atoms with Gasteiger partial charge in [-0.15, -0.1) is 0 Å². The van der Waals surface area contributed by atoms with Crippen molar-refractivity contribution < 1.29 is 4.74 Å². The van der Waals surface area contributed by atoms with Gasteiger partial charge in [0.15, 0.2) is 0 Å². The van der Waals surface area contributed by atoms with Crippen LogP contribution in [0, 0.1) is 0 Å². The molecule has 0 fully saturated rings. The number of hydrogen-bond donors (Lipinski definition) is 0. The first-order chi connectivity index (χ1) is 8.06. The highest BCUT2D eigenvalue weighted by atomic mass is 16.5. The predicted octanol–water partition coefficient (Wildman–Crippen LogP) is 5.50. The second kappa shape index (κ2) is 10.8. The smallest absolute Gasteiger partial charge is 0.0598 e. The van der Waals surface area contributed by atoms with Gasteiger partial charge in [0.25, 0.3) is 0 Å². The standard InChI is InChI=1S/C16H32O/c1-5-6-7-8-9-10-11-12-13-14-15-17-16(2,3)4/h7-8H,5-6,9-15H2,1-4H3/b8-7+. The van der Waals surface area contributed by atoms with E-state index in [0.29, 0.717) is 0 Å². The van der Waals surface area contributed by atoms with Crippen LogP contribution >= 0.6 is 0 Å². The molecule has 1 nitrogen and oxygen atoms in total. The molecule has 0 aliphatic carbocycles. The Bertz CT molecular complexity index is 176. The van der Waals surface area contributed by atoms with Crippen LogP contribution in [0.4, 0.5) is 0 Å². The van der Waals surface area contributed by atoms with Gasteiger partial charge in [-0.05, 0) is 46.5 Å². The summed E-state index contributed by atoms with van der Waals surface area (Å²) < 4.78 is 5.69. The van der Waals surface area contributed by atoms with E-state index in [0.717, 1.165) is 6.61 Å². The maximum absolute atomic E-state index is 5.69. The quantitative estimate of drug-likeness (QED) is 0.362. The number of unbranched alkanes of at least 4 members (excludes halogenated alkanes) is 6. The molecular weight excluding hydrogens is 208 g/mol. The van der Waals surface area contributed by atoms with Crippen molar-refractivity contribution in [2.45, 2.75) is 84.7 Å². The molecule has 0 aromatic carbocycles. The Hall–Kier alpha value is -0.300. The van der Waals surface area contributed by atoms with Crippen molar-refractivity contribution in [2.24, 2.45) is 0 Å². The summed E-state index contributed by atoms with van der Waals surface area (Å²) in [5.74, 6) is 0. The average molecular weight is 240 g/mol. The van der Waals surface area contributed by atoms with Gasteiger partial charge in [0.2, 0.25) is 0 Å². The molecule has 0 saturated carbocycles. The molecule has 0 rings (SSSR count). The largest absolute Gasteiger partial charge is 0.376 e. The van der Waals surface area contributed by atoms with Gasteiger partial charge in [-0.1, -0.05) is 44.8 Å². The third-order valence-electron chi connectivity index (χ3n) is 2.67. The molecular formula is C16H32O. The fourth-order valence-electron chi connectivity index (χ4n) is 1.68. The van der Waals surface area contributed by atoms with Gasteiger partial charge in [0.1, 0.15) is 0 Å². The lowest BCUT2D eigenvalue weighted by Gasteiger charge is -2.19. The van der Waals surface area contributed by atoms with Gasteiger partial charge in [0.05, 0.1) is 5.60 Å². The topological polar surface area (TPSA) is 9.23 Å². The molecule has 1 heteroatoms. The molecule has 0 aliphatic rings. The van der Waals surface area contributed by atoms with Gasteiger partial charge < -0.3 is 4.74 Å². The van der Waals surface area contributed by atoms with Crippen molar-refractivity contribution in [3.05, 3.63) is 12.2 Å². The van der Waals surface area contributed by atoms with Crippen molar-refractivity contribution in [3.63, 3.8) is 0 Å². The average Bonchev–Trinajstić information content (AvgIpc) is 2.24. The van der Waals surface area contributed by atoms with Crippen LogP contribution in [-0.4, -0.2) is 12.2 Å². The van der Waals surface area contributed by atoms with Crippen molar-refractivity contribution in [1.29, 1.82) is 0 Å². The van der Waals surface area contributed by atoms with Crippen molar-refractivity contribution in [1.82, 2.24) is 0 Å². The minimum absolute atomic E-state index is 0.0318. The van der Waals surface area contributed by atoms with Crippen LogP contribution in [-0.2, 0) is 4.74 Å². The van der Waals surface area contributed by atoms with Crippen molar-refractivity contribution in [2.75, 3.05) is 6.61 Å². The molecule has 0 aromatic heterocycles. The van der Waals surface area contributed by atoms with E-state index < -0.39 is 0 Å². The molecule has 102 valence electrons. The van der Waals surface area contributed by atoms with Crippen molar-refractivity contribution in [3.8, 4) is 0 Å². The van der Waals surface area contributed by atoms with Crippen LogP contribution in [0.3, 0.4) is 0 Å². The van der Waals surface area contributed by atoms with E-state index in [-0.39, 0.29) is 5.60 Å². The maximum Gasteiger partial charge on any atom is 0.0598 e. The molecule has 0 aliphatic heterocycles. The molecule has 0 unspecified atom stereocenters. The fourth-order valence-corrected chi connectivity index (χ4v) is 1.68. The number of allylic oxidation sites excluding steroid dienone is 2. The molecule has 0 saturated heterocycles. The Kier molecular flexibility index (Phi) is 10.6. The summed E-state index contributed by atoms with van der Waals surface area (Å²) in [4.78, 5) is 0. The molecule has 0 atom stereocenters. The summed E-state index contributed by atoms with van der Waals surface area (Å²) in [5.41, 5.74) is 0.0318. The second-order valence-electron chi connectivity index (χ2n) is 5.78. The van der Waals surface area contributed by atoms with E-state index in [9.17, 15) is 0 Å². The molecule has 0 heterocycles. The van der Waals surface area contributed by atoms with E-state index in [1.807, 2.05) is 0 Å². The summed E-state index contributed by atoms with van der Waals surface area (Å²) in [6, 6.07) is 0. The van der Waals surface area contributed by atoms with Crippen LogP contribution in [0.1, 0.15) is 79.1 Å². The molecule has 0 spiro atoms. The lowest BCUT2D eigenvalue weighted by molar-refractivity contribution is -0.00474. The molecule has 17 heavy (non-hydrogen) atoms. The summed E-state index contributed by atoms with van der Waals surface area (Å²) in [6.45, 7) is 9.50. The Morgan fingerprint density at radius 2 is 1.41 bits per heavy atom. The van der Waals surface area contributed by atoms with Crippen LogP contribution in [0.25, 0.3) is 0 Å². The SMILES string of the molecule is CCC/C=C/CCCCCCCOC(C)(C)C. The molecule has 0 radical (unpaired) electrons. The maximum atomic E-state index is 5.69. The summed E-state index contributed by atoms with van der Waals surface area (Å²) in [5, 5.41) is 0. The number of hydrogen-bond acceptors (Lipinski definition) is 1. The lowest BCUT2D eigenvalue weighted by atomic mass is 10.1. The summed E-state index contributed by atoms with van der Waals surface area (Å²) in [6.07, 6.45) is 15.0. The Morgan fingerprint density at radius 1 is 0.824 bits per heavy atom. The van der Waals surface area contributed by atoms with Crippen LogP contribution in [0.15, 0.2) is 12.2 Å². The Morgan fingerprint density at radius 3 is 2.06 bits per heavy atom. The zero-order chi connectivity index (χ0) is 13.0. The van der Waals surface area contributed by atoms with E-state index >= 15 is 0 Å². The summed E-state index contributed by atoms with van der Waals surface area (Å²) >= 11 is 0. The highest BCUT2D eigenvalue weighted by molar-refractivity contribution is 4.80. The van der Waals surface area contributed by atoms with Gasteiger partial charge in [-0.3, -0.25) is 0 Å². The van der Waals surface area contributed by atoms with E-state index in [4.69, 9.17) is 4.74 Å². The first kappa shape index (κ1) is 16.7. The van der Waals surface area contributed by atoms with E-state index in [1.54, 1.807) is 0 Å². The molecule has 0 N–H and O–H groups in total. The normalized spacial score (nSPS) is 12.5. The molecule has 0 aromatic rings. The van der Waals surface area contributed by atoms with Crippen LogP contribution < -0.4 is 0 Å². The molecule has 0 bridgehead atoms. The number of rotatable bonds is 10. The van der Waals surface area contributed by atoms with E-state index in [1.165, 1.54) is 51.4 Å². The summed E-state index contributed by atoms with van der Waals surface area (Å²) in [7, 11) is 0.